The molecule has 1 atom stereocenters. The van der Waals surface area contributed by atoms with E-state index in [4.69, 9.17) is 14.7 Å². The van der Waals surface area contributed by atoms with E-state index in [9.17, 15) is 0 Å². The van der Waals surface area contributed by atoms with Crippen LogP contribution in [-0.2, 0) is 9.47 Å². The molecule has 0 aromatic rings. The highest BCUT2D eigenvalue weighted by molar-refractivity contribution is 4.69. The molecule has 1 saturated heterocycles. The summed E-state index contributed by atoms with van der Waals surface area (Å²) >= 11 is 0. The summed E-state index contributed by atoms with van der Waals surface area (Å²) < 4.78 is 9.92. The predicted molar refractivity (Wildman–Crippen MR) is 34.7 cm³/mol. The SMILES string of the molecule is COCO[C@H]1CCN(O)C1. The fraction of sp³-hybridized carbons (Fsp3) is 1.00. The maximum Gasteiger partial charge on any atom is 0.146 e. The van der Waals surface area contributed by atoms with Crippen LogP contribution in [0.25, 0.3) is 0 Å². The van der Waals surface area contributed by atoms with Crippen molar-refractivity contribution in [1.29, 1.82) is 0 Å². The van der Waals surface area contributed by atoms with Gasteiger partial charge in [-0.2, -0.15) is 5.06 Å². The second-order valence-electron chi connectivity index (χ2n) is 2.40. The zero-order valence-electron chi connectivity index (χ0n) is 6.12. The summed E-state index contributed by atoms with van der Waals surface area (Å²) in [6.07, 6.45) is 1.03. The molecule has 10 heavy (non-hydrogen) atoms. The Kier molecular flexibility index (Phi) is 3.08. The fourth-order valence-electron chi connectivity index (χ4n) is 1.01. The van der Waals surface area contributed by atoms with Crippen molar-refractivity contribution in [1.82, 2.24) is 5.06 Å². The minimum atomic E-state index is 0.143. The topological polar surface area (TPSA) is 41.9 Å². The monoisotopic (exact) mass is 147 g/mol. The summed E-state index contributed by atoms with van der Waals surface area (Å²) in [4.78, 5) is 0. The van der Waals surface area contributed by atoms with Crippen LogP contribution in [0.5, 0.6) is 0 Å². The normalized spacial score (nSPS) is 27.6. The van der Waals surface area contributed by atoms with Crippen LogP contribution >= 0.6 is 0 Å². The van der Waals surface area contributed by atoms with Gasteiger partial charge in [-0.05, 0) is 6.42 Å². The van der Waals surface area contributed by atoms with E-state index in [2.05, 4.69) is 0 Å². The molecule has 0 saturated carbocycles. The Hall–Kier alpha value is -0.160. The third kappa shape index (κ3) is 2.22. The van der Waals surface area contributed by atoms with Crippen LogP contribution in [0, 0.1) is 0 Å². The first-order valence-corrected chi connectivity index (χ1v) is 3.37. The smallest absolute Gasteiger partial charge is 0.146 e. The van der Waals surface area contributed by atoms with Gasteiger partial charge in [0.1, 0.15) is 6.79 Å². The summed E-state index contributed by atoms with van der Waals surface area (Å²) in [5.74, 6) is 0. The van der Waals surface area contributed by atoms with E-state index in [0.717, 1.165) is 6.42 Å². The maximum atomic E-state index is 8.91. The van der Waals surface area contributed by atoms with E-state index in [0.29, 0.717) is 19.9 Å². The van der Waals surface area contributed by atoms with Crippen molar-refractivity contribution in [3.63, 3.8) is 0 Å². The summed E-state index contributed by atoms with van der Waals surface area (Å²) in [6, 6.07) is 0. The van der Waals surface area contributed by atoms with Gasteiger partial charge in [0.25, 0.3) is 0 Å². The molecular weight excluding hydrogens is 134 g/mol. The van der Waals surface area contributed by atoms with E-state index in [1.165, 1.54) is 5.06 Å². The molecule has 1 rings (SSSR count). The van der Waals surface area contributed by atoms with Gasteiger partial charge < -0.3 is 14.7 Å². The van der Waals surface area contributed by atoms with Crippen LogP contribution in [0.1, 0.15) is 6.42 Å². The minimum Gasteiger partial charge on any atom is -0.359 e. The molecule has 1 aliphatic heterocycles. The maximum absolute atomic E-state index is 8.91. The molecule has 1 N–H and O–H groups in total. The highest BCUT2D eigenvalue weighted by Gasteiger charge is 2.20. The number of nitrogens with zero attached hydrogens (tertiary/aromatic N) is 1. The molecule has 1 heterocycles. The average Bonchev–Trinajstić information content (AvgIpc) is 2.31. The number of hydrogen-bond donors (Lipinski definition) is 1. The standard InChI is InChI=1S/C6H13NO3/c1-9-5-10-6-2-3-7(8)4-6/h6,8H,2-5H2,1H3/t6-/m0/s1. The molecule has 0 aromatic heterocycles. The summed E-state index contributed by atoms with van der Waals surface area (Å²) in [6.45, 7) is 1.62. The second-order valence-corrected chi connectivity index (χ2v) is 2.40. The molecule has 60 valence electrons. The zero-order valence-corrected chi connectivity index (χ0v) is 6.12. The Morgan fingerprint density at radius 2 is 2.50 bits per heavy atom. The highest BCUT2D eigenvalue weighted by Crippen LogP contribution is 2.09. The average molecular weight is 147 g/mol. The van der Waals surface area contributed by atoms with E-state index in [-0.39, 0.29) is 6.10 Å². The van der Waals surface area contributed by atoms with Gasteiger partial charge in [-0.1, -0.05) is 0 Å². The molecular formula is C6H13NO3. The van der Waals surface area contributed by atoms with Crippen molar-refractivity contribution in [2.75, 3.05) is 27.0 Å². The Balaban J connectivity index is 2.06. The number of ether oxygens (including phenoxy) is 2. The Morgan fingerprint density at radius 3 is 3.00 bits per heavy atom. The van der Waals surface area contributed by atoms with Gasteiger partial charge in [0.15, 0.2) is 0 Å². The molecule has 0 aliphatic carbocycles. The third-order valence-corrected chi connectivity index (χ3v) is 1.55. The van der Waals surface area contributed by atoms with Crippen molar-refractivity contribution >= 4 is 0 Å². The van der Waals surface area contributed by atoms with Crippen LogP contribution in [0.3, 0.4) is 0 Å². The molecule has 1 aliphatic rings. The molecule has 0 radical (unpaired) electrons. The molecule has 0 unspecified atom stereocenters. The lowest BCUT2D eigenvalue weighted by atomic mass is 10.3. The van der Waals surface area contributed by atoms with Crippen molar-refractivity contribution < 1.29 is 14.7 Å². The largest absolute Gasteiger partial charge is 0.359 e. The number of methoxy groups -OCH3 is 1. The van der Waals surface area contributed by atoms with Crippen molar-refractivity contribution in [2.45, 2.75) is 12.5 Å². The predicted octanol–water partition coefficient (Wildman–Crippen LogP) is 0.0704. The van der Waals surface area contributed by atoms with Crippen molar-refractivity contribution in [3.05, 3.63) is 0 Å². The summed E-state index contributed by atoms with van der Waals surface area (Å²) in [5.41, 5.74) is 0. The van der Waals surface area contributed by atoms with Crippen molar-refractivity contribution in [3.8, 4) is 0 Å². The Morgan fingerprint density at radius 1 is 1.70 bits per heavy atom. The number of hydrogen-bond acceptors (Lipinski definition) is 4. The van der Waals surface area contributed by atoms with Gasteiger partial charge in [0, 0.05) is 13.7 Å². The highest BCUT2D eigenvalue weighted by atomic mass is 16.7. The lowest BCUT2D eigenvalue weighted by Crippen LogP contribution is -2.20. The first kappa shape index (κ1) is 7.94. The molecule has 0 aromatic carbocycles. The second kappa shape index (κ2) is 3.88. The third-order valence-electron chi connectivity index (χ3n) is 1.55. The number of hydroxylamine groups is 2. The van der Waals surface area contributed by atoms with Crippen molar-refractivity contribution in [2.24, 2.45) is 0 Å². The van der Waals surface area contributed by atoms with Crippen LogP contribution in [0.15, 0.2) is 0 Å². The lowest BCUT2D eigenvalue weighted by molar-refractivity contribution is -0.103. The van der Waals surface area contributed by atoms with Gasteiger partial charge in [-0.3, -0.25) is 0 Å². The van der Waals surface area contributed by atoms with Gasteiger partial charge >= 0.3 is 0 Å². The number of rotatable bonds is 3. The Labute approximate surface area is 60.3 Å². The molecule has 0 amide bonds. The minimum absolute atomic E-state index is 0.143. The van der Waals surface area contributed by atoms with Crippen LogP contribution < -0.4 is 0 Å². The quantitative estimate of drug-likeness (QED) is 0.574. The zero-order chi connectivity index (χ0) is 7.40. The fourth-order valence-corrected chi connectivity index (χ4v) is 1.01. The molecule has 1 fully saturated rings. The first-order valence-electron chi connectivity index (χ1n) is 3.37. The molecule has 0 bridgehead atoms. The Bertz CT molecular complexity index is 99.0. The van der Waals surface area contributed by atoms with Crippen LogP contribution in [-0.4, -0.2) is 43.4 Å². The lowest BCUT2D eigenvalue weighted by Gasteiger charge is -2.09. The summed E-state index contributed by atoms with van der Waals surface area (Å²) in [7, 11) is 1.59. The summed E-state index contributed by atoms with van der Waals surface area (Å²) in [5, 5.41) is 10.2. The van der Waals surface area contributed by atoms with Gasteiger partial charge in [0.2, 0.25) is 0 Å². The first-order chi connectivity index (χ1) is 4.83. The van der Waals surface area contributed by atoms with Gasteiger partial charge in [-0.25, -0.2) is 0 Å². The van der Waals surface area contributed by atoms with Gasteiger partial charge in [0.05, 0.1) is 12.6 Å². The molecule has 4 heteroatoms. The molecule has 4 nitrogen and oxygen atoms in total. The van der Waals surface area contributed by atoms with Gasteiger partial charge in [-0.15, -0.1) is 0 Å². The van der Waals surface area contributed by atoms with Crippen LogP contribution in [0.4, 0.5) is 0 Å². The van der Waals surface area contributed by atoms with Crippen LogP contribution in [0.2, 0.25) is 0 Å². The molecule has 0 spiro atoms. The van der Waals surface area contributed by atoms with E-state index < -0.39 is 0 Å². The van der Waals surface area contributed by atoms with E-state index in [1.54, 1.807) is 7.11 Å². The van der Waals surface area contributed by atoms with E-state index in [1.807, 2.05) is 0 Å². The van der Waals surface area contributed by atoms with E-state index >= 15 is 0 Å².